The highest BCUT2D eigenvalue weighted by Crippen LogP contribution is 2.28. The lowest BCUT2D eigenvalue weighted by Gasteiger charge is -2.04. The molecule has 112 valence electrons. The van der Waals surface area contributed by atoms with Crippen LogP contribution in [0.4, 0.5) is 4.39 Å². The van der Waals surface area contributed by atoms with Crippen molar-refractivity contribution in [3.63, 3.8) is 0 Å². The van der Waals surface area contributed by atoms with E-state index in [1.165, 1.54) is 12.1 Å². The first-order valence-corrected chi connectivity index (χ1v) is 7.10. The first kappa shape index (κ1) is 14.3. The number of carboxylic acid groups (broad SMARTS) is 1. The fourth-order valence-electron chi connectivity index (χ4n) is 2.76. The Hall–Kier alpha value is -2.62. The van der Waals surface area contributed by atoms with Crippen molar-refractivity contribution in [2.75, 3.05) is 0 Å². The van der Waals surface area contributed by atoms with Gasteiger partial charge in [-0.3, -0.25) is 4.79 Å². The molecule has 0 saturated heterocycles. The van der Waals surface area contributed by atoms with Gasteiger partial charge < -0.3 is 9.67 Å². The van der Waals surface area contributed by atoms with Gasteiger partial charge in [0.2, 0.25) is 0 Å². The van der Waals surface area contributed by atoms with Crippen LogP contribution in [0.3, 0.4) is 0 Å². The molecule has 0 aliphatic heterocycles. The SMILES string of the molecule is Cn1cc(CCC(=O)O)c2cc(-c3cccc(F)c3)ccc21. The Labute approximate surface area is 127 Å². The van der Waals surface area contributed by atoms with Crippen molar-refractivity contribution in [2.24, 2.45) is 7.05 Å². The monoisotopic (exact) mass is 297 g/mol. The minimum absolute atomic E-state index is 0.101. The fraction of sp³-hybridized carbons (Fsp3) is 0.167. The highest BCUT2D eigenvalue weighted by Gasteiger charge is 2.10. The molecule has 1 heterocycles. The van der Waals surface area contributed by atoms with Crippen molar-refractivity contribution in [1.29, 1.82) is 0 Å². The number of fused-ring (bicyclic) bond motifs is 1. The van der Waals surface area contributed by atoms with Crippen LogP contribution in [0.5, 0.6) is 0 Å². The molecule has 2 aromatic carbocycles. The number of nitrogens with zero attached hydrogens (tertiary/aromatic N) is 1. The lowest BCUT2D eigenvalue weighted by Crippen LogP contribution is -1.96. The van der Waals surface area contributed by atoms with Gasteiger partial charge in [-0.2, -0.15) is 0 Å². The molecule has 3 nitrogen and oxygen atoms in total. The molecule has 0 atom stereocenters. The number of hydrogen-bond acceptors (Lipinski definition) is 1. The first-order chi connectivity index (χ1) is 10.5. The Bertz CT molecular complexity index is 851. The predicted octanol–water partition coefficient (Wildman–Crippen LogP) is 4.00. The Balaban J connectivity index is 2.07. The van der Waals surface area contributed by atoms with Crippen molar-refractivity contribution in [2.45, 2.75) is 12.8 Å². The summed E-state index contributed by atoms with van der Waals surface area (Å²) in [6.45, 7) is 0. The summed E-state index contributed by atoms with van der Waals surface area (Å²) in [6, 6.07) is 12.4. The van der Waals surface area contributed by atoms with Crippen LogP contribution in [0.1, 0.15) is 12.0 Å². The number of rotatable bonds is 4. The van der Waals surface area contributed by atoms with Gasteiger partial charge in [0.1, 0.15) is 5.82 Å². The van der Waals surface area contributed by atoms with Crippen LogP contribution >= 0.6 is 0 Å². The maximum atomic E-state index is 13.4. The van der Waals surface area contributed by atoms with Gasteiger partial charge in [-0.1, -0.05) is 18.2 Å². The number of aliphatic carboxylic acids is 1. The molecule has 22 heavy (non-hydrogen) atoms. The quantitative estimate of drug-likeness (QED) is 0.791. The van der Waals surface area contributed by atoms with E-state index in [2.05, 4.69) is 0 Å². The fourth-order valence-corrected chi connectivity index (χ4v) is 2.76. The van der Waals surface area contributed by atoms with Crippen LogP contribution in [0.25, 0.3) is 22.0 Å². The molecule has 4 heteroatoms. The second-order valence-corrected chi connectivity index (χ2v) is 5.40. The molecule has 0 unspecified atom stereocenters. The van der Waals surface area contributed by atoms with Crippen LogP contribution < -0.4 is 0 Å². The Kier molecular flexibility index (Phi) is 3.67. The topological polar surface area (TPSA) is 42.2 Å². The number of halogens is 1. The number of aryl methyl sites for hydroxylation is 2. The molecule has 0 aliphatic rings. The summed E-state index contributed by atoms with van der Waals surface area (Å²) in [7, 11) is 1.94. The molecule has 0 aliphatic carbocycles. The third-order valence-corrected chi connectivity index (χ3v) is 3.84. The average molecular weight is 297 g/mol. The minimum Gasteiger partial charge on any atom is -0.481 e. The largest absolute Gasteiger partial charge is 0.481 e. The van der Waals surface area contributed by atoms with Crippen LogP contribution in [-0.2, 0) is 18.3 Å². The number of carboxylic acids is 1. The van der Waals surface area contributed by atoms with Gasteiger partial charge >= 0.3 is 5.97 Å². The summed E-state index contributed by atoms with van der Waals surface area (Å²) in [6.07, 6.45) is 2.55. The molecule has 0 fully saturated rings. The maximum Gasteiger partial charge on any atom is 0.303 e. The first-order valence-electron chi connectivity index (χ1n) is 7.10. The van der Waals surface area contributed by atoms with Crippen LogP contribution in [0, 0.1) is 5.82 Å². The third-order valence-electron chi connectivity index (χ3n) is 3.84. The second kappa shape index (κ2) is 5.64. The van der Waals surface area contributed by atoms with Crippen molar-refractivity contribution < 1.29 is 14.3 Å². The van der Waals surface area contributed by atoms with Gasteiger partial charge in [0, 0.05) is 30.6 Å². The molecule has 0 bridgehead atoms. The highest BCUT2D eigenvalue weighted by atomic mass is 19.1. The van der Waals surface area contributed by atoms with Gasteiger partial charge in [-0.15, -0.1) is 0 Å². The van der Waals surface area contributed by atoms with E-state index in [1.54, 1.807) is 6.07 Å². The van der Waals surface area contributed by atoms with E-state index in [0.717, 1.165) is 27.6 Å². The van der Waals surface area contributed by atoms with Crippen LogP contribution in [0.15, 0.2) is 48.7 Å². The average Bonchev–Trinajstić information content (AvgIpc) is 2.81. The van der Waals surface area contributed by atoms with Crippen LogP contribution in [0.2, 0.25) is 0 Å². The zero-order valence-corrected chi connectivity index (χ0v) is 12.2. The highest BCUT2D eigenvalue weighted by molar-refractivity contribution is 5.89. The van der Waals surface area contributed by atoms with E-state index >= 15 is 0 Å². The third kappa shape index (κ3) is 2.72. The smallest absolute Gasteiger partial charge is 0.303 e. The van der Waals surface area contributed by atoms with E-state index in [0.29, 0.717) is 6.42 Å². The number of aromatic nitrogens is 1. The standard InChI is InChI=1S/C18H16FNO2/c1-20-11-14(6-8-18(21)22)16-10-13(5-7-17(16)20)12-3-2-4-15(19)9-12/h2-5,7,9-11H,6,8H2,1H3,(H,21,22). The van der Waals surface area contributed by atoms with E-state index in [-0.39, 0.29) is 12.2 Å². The Morgan fingerprint density at radius 3 is 2.68 bits per heavy atom. The minimum atomic E-state index is -0.807. The van der Waals surface area contributed by atoms with Crippen molar-refractivity contribution in [1.82, 2.24) is 4.57 Å². The van der Waals surface area contributed by atoms with E-state index in [9.17, 15) is 9.18 Å². The van der Waals surface area contributed by atoms with Gasteiger partial charge in [0.25, 0.3) is 0 Å². The normalized spacial score (nSPS) is 11.0. The lowest BCUT2D eigenvalue weighted by molar-refractivity contribution is -0.136. The van der Waals surface area contributed by atoms with Crippen molar-refractivity contribution in [3.8, 4) is 11.1 Å². The number of benzene rings is 2. The molecule has 3 rings (SSSR count). The molecular weight excluding hydrogens is 281 g/mol. The van der Waals surface area contributed by atoms with Gasteiger partial charge in [-0.25, -0.2) is 4.39 Å². The maximum absolute atomic E-state index is 13.4. The van der Waals surface area contributed by atoms with Gasteiger partial charge in [0.05, 0.1) is 0 Å². The summed E-state index contributed by atoms with van der Waals surface area (Å²) in [5.74, 6) is -1.07. The van der Waals surface area contributed by atoms with Crippen LogP contribution in [-0.4, -0.2) is 15.6 Å². The molecular formula is C18H16FNO2. The molecule has 0 spiro atoms. The molecule has 3 aromatic rings. The van der Waals surface area contributed by atoms with Crippen molar-refractivity contribution >= 4 is 16.9 Å². The Morgan fingerprint density at radius 2 is 1.95 bits per heavy atom. The second-order valence-electron chi connectivity index (χ2n) is 5.40. The Morgan fingerprint density at radius 1 is 1.18 bits per heavy atom. The summed E-state index contributed by atoms with van der Waals surface area (Å²) in [5.41, 5.74) is 3.78. The molecule has 1 aromatic heterocycles. The van der Waals surface area contributed by atoms with Gasteiger partial charge in [0.15, 0.2) is 0 Å². The predicted molar refractivity (Wildman–Crippen MR) is 84.3 cm³/mol. The summed E-state index contributed by atoms with van der Waals surface area (Å²) in [5, 5.41) is 9.89. The summed E-state index contributed by atoms with van der Waals surface area (Å²) in [4.78, 5) is 10.8. The summed E-state index contributed by atoms with van der Waals surface area (Å²) >= 11 is 0. The van der Waals surface area contributed by atoms with Crippen molar-refractivity contribution in [3.05, 3.63) is 60.0 Å². The summed E-state index contributed by atoms with van der Waals surface area (Å²) < 4.78 is 15.4. The zero-order chi connectivity index (χ0) is 15.7. The lowest BCUT2D eigenvalue weighted by atomic mass is 10.0. The van der Waals surface area contributed by atoms with Gasteiger partial charge in [-0.05, 0) is 47.4 Å². The molecule has 1 N–H and O–H groups in total. The molecule has 0 saturated carbocycles. The molecule has 0 amide bonds. The zero-order valence-electron chi connectivity index (χ0n) is 12.2. The number of hydrogen-bond donors (Lipinski definition) is 1. The van der Waals surface area contributed by atoms with E-state index < -0.39 is 5.97 Å². The van der Waals surface area contributed by atoms with E-state index in [1.807, 2.05) is 42.1 Å². The molecule has 0 radical (unpaired) electrons. The van der Waals surface area contributed by atoms with E-state index in [4.69, 9.17) is 5.11 Å². The number of carbonyl (C=O) groups is 1.